The summed E-state index contributed by atoms with van der Waals surface area (Å²) in [7, 11) is 0. The van der Waals surface area contributed by atoms with E-state index in [1.54, 1.807) is 12.1 Å². The second kappa shape index (κ2) is 10.3. The van der Waals surface area contributed by atoms with Gasteiger partial charge >= 0.3 is 0 Å². The number of anilines is 1. The molecule has 1 atom stereocenters. The molecule has 3 rings (SSSR count). The summed E-state index contributed by atoms with van der Waals surface area (Å²) in [6, 6.07) is 13.3. The fourth-order valence-corrected chi connectivity index (χ4v) is 4.00. The lowest BCUT2D eigenvalue weighted by Gasteiger charge is -2.23. The number of hydrogen-bond donors (Lipinski definition) is 2. The number of rotatable bonds is 7. The Hall–Kier alpha value is -2.82. The summed E-state index contributed by atoms with van der Waals surface area (Å²) >= 11 is 0. The fourth-order valence-electron chi connectivity index (χ4n) is 4.00. The number of nitrogens with one attached hydrogen (secondary N) is 2. The molecule has 0 radical (unpaired) electrons. The van der Waals surface area contributed by atoms with Crippen LogP contribution in [0.4, 0.5) is 5.69 Å². The minimum absolute atomic E-state index is 0.138. The molecule has 5 nitrogen and oxygen atoms in total. The Kier molecular flexibility index (Phi) is 7.50. The van der Waals surface area contributed by atoms with E-state index in [1.165, 1.54) is 6.42 Å². The highest BCUT2D eigenvalue weighted by Crippen LogP contribution is 2.22. The van der Waals surface area contributed by atoms with Crippen LogP contribution in [-0.2, 0) is 4.79 Å². The van der Waals surface area contributed by atoms with E-state index in [-0.39, 0.29) is 17.9 Å². The van der Waals surface area contributed by atoms with Gasteiger partial charge in [-0.25, -0.2) is 0 Å². The molecule has 1 aliphatic carbocycles. The van der Waals surface area contributed by atoms with Crippen molar-refractivity contribution < 1.29 is 14.3 Å². The molecule has 5 heteroatoms. The highest BCUT2D eigenvalue weighted by Gasteiger charge is 2.22. The van der Waals surface area contributed by atoms with Crippen molar-refractivity contribution in [2.75, 3.05) is 5.32 Å². The van der Waals surface area contributed by atoms with E-state index in [1.807, 2.05) is 45.0 Å². The van der Waals surface area contributed by atoms with Gasteiger partial charge in [-0.15, -0.1) is 0 Å². The predicted octanol–water partition coefficient (Wildman–Crippen LogP) is 5.16. The first kappa shape index (κ1) is 21.9. The van der Waals surface area contributed by atoms with Crippen molar-refractivity contribution in [2.45, 2.75) is 71.4 Å². The normalized spacial score (nSPS) is 15.3. The molecule has 0 unspecified atom stereocenters. The van der Waals surface area contributed by atoms with Crippen molar-refractivity contribution in [3.63, 3.8) is 0 Å². The molecule has 0 aromatic heterocycles. The molecule has 1 saturated carbocycles. The Morgan fingerprint density at radius 1 is 1.03 bits per heavy atom. The van der Waals surface area contributed by atoms with Gasteiger partial charge in [-0.1, -0.05) is 44.4 Å². The average molecular weight is 409 g/mol. The van der Waals surface area contributed by atoms with E-state index >= 15 is 0 Å². The lowest BCUT2D eigenvalue weighted by Crippen LogP contribution is -2.37. The van der Waals surface area contributed by atoms with Gasteiger partial charge in [0, 0.05) is 6.04 Å². The summed E-state index contributed by atoms with van der Waals surface area (Å²) in [5.74, 6) is 0.286. The number of carbonyl (C=O) groups excluding carboxylic acids is 2. The number of ether oxygens (including phenoxy) is 1. The summed E-state index contributed by atoms with van der Waals surface area (Å²) in [4.78, 5) is 25.7. The quantitative estimate of drug-likeness (QED) is 0.665. The van der Waals surface area contributed by atoms with E-state index in [0.29, 0.717) is 23.4 Å². The van der Waals surface area contributed by atoms with Crippen LogP contribution in [0, 0.1) is 13.8 Å². The van der Waals surface area contributed by atoms with Crippen LogP contribution < -0.4 is 15.4 Å². The topological polar surface area (TPSA) is 67.4 Å². The number of amides is 2. The molecule has 0 aliphatic heterocycles. The SMILES string of the molecule is CC[C@@H](Oc1cc(C)cc(C)c1)C(=O)Nc1ccccc1C(=O)NC1CCCCC1. The van der Waals surface area contributed by atoms with Crippen molar-refractivity contribution in [3.05, 3.63) is 59.2 Å². The molecule has 160 valence electrons. The Bertz CT molecular complexity index is 867. The highest BCUT2D eigenvalue weighted by molar-refractivity contribution is 6.04. The zero-order chi connectivity index (χ0) is 21.5. The maximum atomic E-state index is 12.9. The summed E-state index contributed by atoms with van der Waals surface area (Å²) in [6.07, 6.45) is 5.45. The molecule has 2 aromatic rings. The van der Waals surface area contributed by atoms with Crippen molar-refractivity contribution in [1.29, 1.82) is 0 Å². The van der Waals surface area contributed by atoms with Crippen LogP contribution in [0.1, 0.15) is 66.9 Å². The molecule has 0 spiro atoms. The monoisotopic (exact) mass is 408 g/mol. The Morgan fingerprint density at radius 3 is 2.37 bits per heavy atom. The Labute approximate surface area is 179 Å². The molecule has 30 heavy (non-hydrogen) atoms. The van der Waals surface area contributed by atoms with Gasteiger partial charge in [-0.05, 0) is 68.5 Å². The summed E-state index contributed by atoms with van der Waals surface area (Å²) < 4.78 is 5.97. The van der Waals surface area contributed by atoms with Crippen LogP contribution in [0.25, 0.3) is 0 Å². The van der Waals surface area contributed by atoms with Crippen LogP contribution in [-0.4, -0.2) is 24.0 Å². The third-order valence-corrected chi connectivity index (χ3v) is 5.51. The molecular weight excluding hydrogens is 376 g/mol. The first-order chi connectivity index (χ1) is 14.5. The standard InChI is InChI=1S/C25H32N2O3/c1-4-23(30-20-15-17(2)14-18(3)16-20)25(29)27-22-13-9-8-12-21(22)24(28)26-19-10-6-5-7-11-19/h8-9,12-16,19,23H,4-7,10-11H2,1-3H3,(H,26,28)(H,27,29)/t23-/m1/s1. The second-order valence-electron chi connectivity index (χ2n) is 8.18. The third-order valence-electron chi connectivity index (χ3n) is 5.51. The zero-order valence-corrected chi connectivity index (χ0v) is 18.2. The summed E-state index contributed by atoms with van der Waals surface area (Å²) in [5.41, 5.74) is 3.17. The van der Waals surface area contributed by atoms with E-state index in [0.717, 1.165) is 36.8 Å². The molecular formula is C25H32N2O3. The molecule has 0 heterocycles. The number of benzene rings is 2. The molecule has 2 amide bonds. The van der Waals surface area contributed by atoms with Gasteiger partial charge in [0.25, 0.3) is 11.8 Å². The zero-order valence-electron chi connectivity index (χ0n) is 18.2. The van der Waals surface area contributed by atoms with Crippen LogP contribution in [0.3, 0.4) is 0 Å². The van der Waals surface area contributed by atoms with Gasteiger partial charge < -0.3 is 15.4 Å². The van der Waals surface area contributed by atoms with Crippen LogP contribution >= 0.6 is 0 Å². The second-order valence-corrected chi connectivity index (χ2v) is 8.18. The Morgan fingerprint density at radius 2 is 1.70 bits per heavy atom. The van der Waals surface area contributed by atoms with E-state index in [2.05, 4.69) is 16.7 Å². The van der Waals surface area contributed by atoms with Crippen LogP contribution in [0.15, 0.2) is 42.5 Å². The number of para-hydroxylation sites is 1. The van der Waals surface area contributed by atoms with E-state index < -0.39 is 6.10 Å². The molecule has 2 aromatic carbocycles. The Balaban J connectivity index is 1.69. The summed E-state index contributed by atoms with van der Waals surface area (Å²) in [6.45, 7) is 5.92. The number of hydrogen-bond acceptors (Lipinski definition) is 3. The lowest BCUT2D eigenvalue weighted by molar-refractivity contribution is -0.122. The van der Waals surface area contributed by atoms with Gasteiger partial charge in [-0.3, -0.25) is 9.59 Å². The minimum atomic E-state index is -0.638. The van der Waals surface area contributed by atoms with Gasteiger partial charge in [0.15, 0.2) is 6.10 Å². The van der Waals surface area contributed by atoms with Crippen molar-refractivity contribution in [3.8, 4) is 5.75 Å². The first-order valence-corrected chi connectivity index (χ1v) is 10.9. The van der Waals surface area contributed by atoms with Gasteiger partial charge in [0.05, 0.1) is 11.3 Å². The summed E-state index contributed by atoms with van der Waals surface area (Å²) in [5, 5.41) is 6.03. The molecule has 0 saturated heterocycles. The van der Waals surface area contributed by atoms with Crippen molar-refractivity contribution in [2.24, 2.45) is 0 Å². The molecule has 1 aliphatic rings. The molecule has 0 bridgehead atoms. The highest BCUT2D eigenvalue weighted by atomic mass is 16.5. The van der Waals surface area contributed by atoms with E-state index in [4.69, 9.17) is 4.74 Å². The van der Waals surface area contributed by atoms with Gasteiger partial charge in [0.1, 0.15) is 5.75 Å². The predicted molar refractivity (Wildman–Crippen MR) is 120 cm³/mol. The first-order valence-electron chi connectivity index (χ1n) is 10.9. The average Bonchev–Trinajstić information content (AvgIpc) is 2.72. The van der Waals surface area contributed by atoms with Gasteiger partial charge in [-0.2, -0.15) is 0 Å². The largest absolute Gasteiger partial charge is 0.481 e. The molecule has 1 fully saturated rings. The number of carbonyl (C=O) groups is 2. The lowest BCUT2D eigenvalue weighted by atomic mass is 9.95. The minimum Gasteiger partial charge on any atom is -0.481 e. The van der Waals surface area contributed by atoms with Crippen LogP contribution in [0.5, 0.6) is 5.75 Å². The van der Waals surface area contributed by atoms with Gasteiger partial charge in [0.2, 0.25) is 0 Å². The fraction of sp³-hybridized carbons (Fsp3) is 0.440. The van der Waals surface area contributed by atoms with Crippen LogP contribution in [0.2, 0.25) is 0 Å². The van der Waals surface area contributed by atoms with Crippen molar-refractivity contribution in [1.82, 2.24) is 5.32 Å². The smallest absolute Gasteiger partial charge is 0.265 e. The molecule has 2 N–H and O–H groups in total. The maximum absolute atomic E-state index is 12.9. The number of aryl methyl sites for hydroxylation is 2. The maximum Gasteiger partial charge on any atom is 0.265 e. The van der Waals surface area contributed by atoms with Crippen molar-refractivity contribution >= 4 is 17.5 Å². The third kappa shape index (κ3) is 5.85. The van der Waals surface area contributed by atoms with E-state index in [9.17, 15) is 9.59 Å².